The quantitative estimate of drug-likeness (QED) is 0.801. The fourth-order valence-electron chi connectivity index (χ4n) is 2.69. The van der Waals surface area contributed by atoms with Gasteiger partial charge < -0.3 is 25.0 Å². The van der Waals surface area contributed by atoms with Crippen LogP contribution in [-0.2, 0) is 16.1 Å². The number of benzene rings is 1. The molecule has 1 aromatic rings. The minimum absolute atomic E-state index is 0.146. The van der Waals surface area contributed by atoms with Crippen molar-refractivity contribution >= 4 is 29.3 Å². The summed E-state index contributed by atoms with van der Waals surface area (Å²) in [6.45, 7) is 4.95. The Morgan fingerprint density at radius 1 is 1.40 bits per heavy atom. The Balaban J connectivity index is 2.00. The zero-order chi connectivity index (χ0) is 18.4. The molecule has 1 aromatic carbocycles. The van der Waals surface area contributed by atoms with Crippen molar-refractivity contribution in [2.24, 2.45) is 5.92 Å². The lowest BCUT2D eigenvalue weighted by molar-refractivity contribution is -0.141. The normalized spacial score (nSPS) is 15.6. The zero-order valence-corrected chi connectivity index (χ0v) is 15.3. The maximum Gasteiger partial charge on any atom is 0.317 e. The van der Waals surface area contributed by atoms with Crippen LogP contribution in [0.2, 0.25) is 5.02 Å². The number of carbonyl (C=O) groups is 2. The van der Waals surface area contributed by atoms with E-state index in [4.69, 9.17) is 21.4 Å². The maximum absolute atomic E-state index is 12.2. The molecule has 2 rings (SSSR count). The molecule has 1 saturated heterocycles. The van der Waals surface area contributed by atoms with E-state index in [1.54, 1.807) is 14.0 Å². The van der Waals surface area contributed by atoms with E-state index in [0.717, 1.165) is 24.3 Å². The number of hydrogen-bond donors (Lipinski definition) is 2. The van der Waals surface area contributed by atoms with Gasteiger partial charge >= 0.3 is 12.0 Å². The van der Waals surface area contributed by atoms with E-state index in [1.807, 2.05) is 18.2 Å². The van der Waals surface area contributed by atoms with Gasteiger partial charge in [-0.1, -0.05) is 18.5 Å². The summed E-state index contributed by atoms with van der Waals surface area (Å²) in [7, 11) is 1.58. The van der Waals surface area contributed by atoms with Gasteiger partial charge in [0.1, 0.15) is 0 Å². The largest absolute Gasteiger partial charge is 0.481 e. The van der Waals surface area contributed by atoms with Crippen LogP contribution >= 0.6 is 11.6 Å². The van der Waals surface area contributed by atoms with Crippen molar-refractivity contribution < 1.29 is 19.4 Å². The van der Waals surface area contributed by atoms with E-state index in [1.165, 1.54) is 4.90 Å². The molecule has 1 heterocycles. The second-order valence-electron chi connectivity index (χ2n) is 6.15. The van der Waals surface area contributed by atoms with E-state index >= 15 is 0 Å². The van der Waals surface area contributed by atoms with Crippen LogP contribution in [0.25, 0.3) is 0 Å². The fourth-order valence-corrected chi connectivity index (χ4v) is 2.88. The molecule has 1 aliphatic heterocycles. The second-order valence-corrected chi connectivity index (χ2v) is 6.59. The van der Waals surface area contributed by atoms with Gasteiger partial charge in [-0.3, -0.25) is 4.79 Å². The van der Waals surface area contributed by atoms with Crippen LogP contribution in [-0.4, -0.2) is 61.9 Å². The van der Waals surface area contributed by atoms with Gasteiger partial charge in [0, 0.05) is 43.9 Å². The van der Waals surface area contributed by atoms with Crippen LogP contribution in [0.3, 0.4) is 0 Å². The van der Waals surface area contributed by atoms with Gasteiger partial charge in [0.2, 0.25) is 0 Å². The van der Waals surface area contributed by atoms with Crippen molar-refractivity contribution in [3.05, 3.63) is 28.8 Å². The summed E-state index contributed by atoms with van der Waals surface area (Å²) < 4.78 is 5.38. The van der Waals surface area contributed by atoms with Gasteiger partial charge in [-0.2, -0.15) is 0 Å². The standard InChI is InChI=1S/C17H24ClN3O4/c1-12(16(22)23)11-20(2)17(24)19-10-13-9-14(18)3-4-15(13)21-5-7-25-8-6-21/h3-4,9,12H,5-8,10-11H2,1-2H3,(H,19,24)(H,22,23). The van der Waals surface area contributed by atoms with Crippen LogP contribution in [0.4, 0.5) is 10.5 Å². The lowest BCUT2D eigenvalue weighted by atomic mass is 10.1. The van der Waals surface area contributed by atoms with Crippen molar-refractivity contribution in [2.75, 3.05) is 44.8 Å². The molecular formula is C17H24ClN3O4. The number of carboxylic acids is 1. The molecule has 8 heteroatoms. The average molecular weight is 370 g/mol. The number of urea groups is 1. The van der Waals surface area contributed by atoms with Crippen molar-refractivity contribution in [3.63, 3.8) is 0 Å². The first-order valence-electron chi connectivity index (χ1n) is 8.21. The molecule has 1 fully saturated rings. The smallest absolute Gasteiger partial charge is 0.317 e. The molecule has 0 saturated carbocycles. The summed E-state index contributed by atoms with van der Waals surface area (Å²) in [6.07, 6.45) is 0. The number of carbonyl (C=O) groups excluding carboxylic acids is 1. The van der Waals surface area contributed by atoms with Gasteiger partial charge in [0.05, 0.1) is 19.1 Å². The number of morpholine rings is 1. The van der Waals surface area contributed by atoms with Crippen molar-refractivity contribution in [3.8, 4) is 0 Å². The molecule has 25 heavy (non-hydrogen) atoms. The first kappa shape index (κ1) is 19.3. The molecule has 0 bridgehead atoms. The lowest BCUT2D eigenvalue weighted by Crippen LogP contribution is -2.41. The lowest BCUT2D eigenvalue weighted by Gasteiger charge is -2.31. The number of nitrogens with zero attached hydrogens (tertiary/aromatic N) is 2. The minimum atomic E-state index is -0.927. The Bertz CT molecular complexity index is 620. The molecule has 2 N–H and O–H groups in total. The number of aliphatic carboxylic acids is 1. The third-order valence-electron chi connectivity index (χ3n) is 4.14. The molecule has 1 unspecified atom stereocenters. The molecule has 1 atom stereocenters. The summed E-state index contributed by atoms with van der Waals surface area (Å²) in [5.74, 6) is -1.55. The van der Waals surface area contributed by atoms with Crippen molar-refractivity contribution in [1.29, 1.82) is 0 Å². The maximum atomic E-state index is 12.2. The molecule has 0 aliphatic carbocycles. The number of hydrogen-bond acceptors (Lipinski definition) is 4. The van der Waals surface area contributed by atoms with Gasteiger partial charge in [-0.25, -0.2) is 4.79 Å². The molecule has 138 valence electrons. The van der Waals surface area contributed by atoms with Crippen LogP contribution < -0.4 is 10.2 Å². The first-order valence-corrected chi connectivity index (χ1v) is 8.59. The third kappa shape index (κ3) is 5.51. The Kier molecular flexibility index (Phi) is 6.90. The van der Waals surface area contributed by atoms with E-state index in [9.17, 15) is 9.59 Å². The Labute approximate surface area is 152 Å². The summed E-state index contributed by atoms with van der Waals surface area (Å²) >= 11 is 6.11. The van der Waals surface area contributed by atoms with Crippen molar-refractivity contribution in [1.82, 2.24) is 10.2 Å². The minimum Gasteiger partial charge on any atom is -0.481 e. The van der Waals surface area contributed by atoms with Crippen LogP contribution in [0.5, 0.6) is 0 Å². The zero-order valence-electron chi connectivity index (χ0n) is 14.5. The van der Waals surface area contributed by atoms with E-state index < -0.39 is 11.9 Å². The Hall–Kier alpha value is -1.99. The highest BCUT2D eigenvalue weighted by Crippen LogP contribution is 2.25. The molecule has 0 radical (unpaired) electrons. The van der Waals surface area contributed by atoms with Crippen LogP contribution in [0, 0.1) is 5.92 Å². The van der Waals surface area contributed by atoms with Crippen LogP contribution in [0.15, 0.2) is 18.2 Å². The highest BCUT2D eigenvalue weighted by molar-refractivity contribution is 6.30. The monoisotopic (exact) mass is 369 g/mol. The predicted octanol–water partition coefficient (Wildman–Crippen LogP) is 2.04. The third-order valence-corrected chi connectivity index (χ3v) is 4.37. The predicted molar refractivity (Wildman–Crippen MR) is 96.1 cm³/mol. The van der Waals surface area contributed by atoms with E-state index in [2.05, 4.69) is 10.2 Å². The Morgan fingerprint density at radius 2 is 2.08 bits per heavy atom. The summed E-state index contributed by atoms with van der Waals surface area (Å²) in [5.41, 5.74) is 1.94. The van der Waals surface area contributed by atoms with Crippen molar-refractivity contribution in [2.45, 2.75) is 13.5 Å². The Morgan fingerprint density at radius 3 is 2.72 bits per heavy atom. The molecule has 1 aliphatic rings. The van der Waals surface area contributed by atoms with Gasteiger partial charge in [0.15, 0.2) is 0 Å². The average Bonchev–Trinajstić information content (AvgIpc) is 2.60. The summed E-state index contributed by atoms with van der Waals surface area (Å²) in [4.78, 5) is 26.7. The second kappa shape index (κ2) is 8.92. The molecule has 0 aromatic heterocycles. The topological polar surface area (TPSA) is 82.1 Å². The number of halogens is 1. The summed E-state index contributed by atoms with van der Waals surface area (Å²) in [6, 6.07) is 5.30. The highest BCUT2D eigenvalue weighted by Gasteiger charge is 2.19. The number of anilines is 1. The van der Waals surface area contributed by atoms with Crippen LogP contribution in [0.1, 0.15) is 12.5 Å². The van der Waals surface area contributed by atoms with E-state index in [0.29, 0.717) is 24.8 Å². The molecular weight excluding hydrogens is 346 g/mol. The number of nitrogens with one attached hydrogen (secondary N) is 1. The SMILES string of the molecule is CC(CN(C)C(=O)NCc1cc(Cl)ccc1N1CCOCC1)C(=O)O. The van der Waals surface area contributed by atoms with E-state index in [-0.39, 0.29) is 12.6 Å². The molecule has 7 nitrogen and oxygen atoms in total. The van der Waals surface area contributed by atoms with Gasteiger partial charge in [-0.05, 0) is 23.8 Å². The summed E-state index contributed by atoms with van der Waals surface area (Å²) in [5, 5.41) is 12.4. The molecule has 2 amide bonds. The van der Waals surface area contributed by atoms with Gasteiger partial charge in [0.25, 0.3) is 0 Å². The van der Waals surface area contributed by atoms with Gasteiger partial charge in [-0.15, -0.1) is 0 Å². The number of amides is 2. The fraction of sp³-hybridized carbons (Fsp3) is 0.529. The number of ether oxygens (including phenoxy) is 1. The number of carboxylic acid groups (broad SMARTS) is 1. The highest BCUT2D eigenvalue weighted by atomic mass is 35.5. The number of rotatable bonds is 6. The first-order chi connectivity index (χ1) is 11.9. The molecule has 0 spiro atoms.